The van der Waals surface area contributed by atoms with Crippen LogP contribution < -0.4 is 5.32 Å². The van der Waals surface area contributed by atoms with E-state index in [0.29, 0.717) is 37.1 Å². The molecule has 2 aliphatic heterocycles. The zero-order valence-corrected chi connectivity index (χ0v) is 10.4. The molecule has 1 amide bonds. The van der Waals surface area contributed by atoms with Crippen molar-refractivity contribution in [1.82, 2.24) is 10.2 Å². The van der Waals surface area contributed by atoms with Gasteiger partial charge in [-0.25, -0.2) is 0 Å². The fourth-order valence-corrected chi connectivity index (χ4v) is 2.03. The molecule has 4 heteroatoms. The average molecular weight is 226 g/mol. The Bertz CT molecular complexity index is 246. The first-order chi connectivity index (χ1) is 7.61. The van der Waals surface area contributed by atoms with Gasteiger partial charge in [-0.3, -0.25) is 4.79 Å². The van der Waals surface area contributed by atoms with Gasteiger partial charge in [0.15, 0.2) is 0 Å². The average Bonchev–Trinajstić information content (AvgIpc) is 2.08. The first-order valence-corrected chi connectivity index (χ1v) is 6.22. The fourth-order valence-electron chi connectivity index (χ4n) is 2.03. The summed E-state index contributed by atoms with van der Waals surface area (Å²) in [5, 5.41) is 3.23. The number of carbonyl (C=O) groups excluding carboxylic acids is 1. The van der Waals surface area contributed by atoms with Crippen LogP contribution in [0.4, 0.5) is 0 Å². The summed E-state index contributed by atoms with van der Waals surface area (Å²) in [5.41, 5.74) is 0. The third-order valence-corrected chi connectivity index (χ3v) is 3.81. The number of amides is 1. The van der Waals surface area contributed by atoms with E-state index < -0.39 is 0 Å². The molecule has 0 spiro atoms. The molecular weight excluding hydrogens is 204 g/mol. The molecule has 2 saturated heterocycles. The summed E-state index contributed by atoms with van der Waals surface area (Å²) in [6.45, 7) is 9.56. The van der Waals surface area contributed by atoms with Crippen molar-refractivity contribution in [3.63, 3.8) is 0 Å². The molecule has 4 nitrogen and oxygen atoms in total. The topological polar surface area (TPSA) is 41.6 Å². The summed E-state index contributed by atoms with van der Waals surface area (Å²) in [7, 11) is 0. The van der Waals surface area contributed by atoms with Crippen LogP contribution in [0, 0.1) is 11.8 Å². The molecule has 2 heterocycles. The molecule has 0 aliphatic carbocycles. The molecule has 2 aliphatic rings. The molecule has 0 aromatic carbocycles. The first kappa shape index (κ1) is 11.9. The summed E-state index contributed by atoms with van der Waals surface area (Å²) in [4.78, 5) is 14.5. The summed E-state index contributed by atoms with van der Waals surface area (Å²) >= 11 is 0. The lowest BCUT2D eigenvalue weighted by molar-refractivity contribution is -0.156. The third kappa shape index (κ3) is 2.09. The minimum Gasteiger partial charge on any atom is -0.377 e. The minimum absolute atomic E-state index is 0.112. The van der Waals surface area contributed by atoms with E-state index in [4.69, 9.17) is 4.74 Å². The van der Waals surface area contributed by atoms with Crippen LogP contribution in [0.1, 0.15) is 20.8 Å². The van der Waals surface area contributed by atoms with Crippen molar-refractivity contribution < 1.29 is 9.53 Å². The molecule has 1 atom stereocenters. The van der Waals surface area contributed by atoms with Gasteiger partial charge >= 0.3 is 0 Å². The van der Waals surface area contributed by atoms with Gasteiger partial charge in [-0.15, -0.1) is 0 Å². The number of nitrogens with one attached hydrogen (secondary N) is 1. The predicted octanol–water partition coefficient (Wildman–Crippen LogP) is 0.478. The van der Waals surface area contributed by atoms with Crippen molar-refractivity contribution in [3.05, 3.63) is 0 Å². The van der Waals surface area contributed by atoms with Gasteiger partial charge < -0.3 is 15.0 Å². The highest BCUT2D eigenvalue weighted by Gasteiger charge is 2.39. The number of rotatable bonds is 4. The van der Waals surface area contributed by atoms with Crippen molar-refractivity contribution in [3.8, 4) is 0 Å². The highest BCUT2D eigenvalue weighted by molar-refractivity contribution is 5.79. The molecule has 0 aromatic rings. The van der Waals surface area contributed by atoms with Gasteiger partial charge in [0.1, 0.15) is 0 Å². The quantitative estimate of drug-likeness (QED) is 0.758. The Labute approximate surface area is 97.3 Å². The second-order valence-electron chi connectivity index (χ2n) is 5.28. The number of hydrogen-bond acceptors (Lipinski definition) is 3. The van der Waals surface area contributed by atoms with Crippen LogP contribution in [0.3, 0.4) is 0 Å². The molecule has 1 unspecified atom stereocenters. The highest BCUT2D eigenvalue weighted by Crippen LogP contribution is 2.22. The molecule has 0 saturated carbocycles. The van der Waals surface area contributed by atoms with Crippen molar-refractivity contribution >= 4 is 5.91 Å². The van der Waals surface area contributed by atoms with Gasteiger partial charge in [0.25, 0.3) is 0 Å². The Hall–Kier alpha value is -0.610. The standard InChI is InChI=1S/C12H22N2O2/c1-8(2)9(3)12(15)14(10-4-13-5-10)11-6-16-7-11/h8-11,13H,4-7H2,1-3H3. The van der Waals surface area contributed by atoms with Gasteiger partial charge in [0, 0.05) is 19.0 Å². The van der Waals surface area contributed by atoms with E-state index in [9.17, 15) is 4.79 Å². The smallest absolute Gasteiger partial charge is 0.226 e. The van der Waals surface area contributed by atoms with E-state index >= 15 is 0 Å². The van der Waals surface area contributed by atoms with Gasteiger partial charge in [0.05, 0.1) is 25.3 Å². The molecule has 0 radical (unpaired) electrons. The van der Waals surface area contributed by atoms with Gasteiger partial charge in [-0.2, -0.15) is 0 Å². The monoisotopic (exact) mass is 226 g/mol. The van der Waals surface area contributed by atoms with E-state index in [2.05, 4.69) is 24.1 Å². The van der Waals surface area contributed by atoms with Gasteiger partial charge in [-0.1, -0.05) is 20.8 Å². The van der Waals surface area contributed by atoms with Crippen LogP contribution in [-0.4, -0.2) is 49.2 Å². The zero-order chi connectivity index (χ0) is 11.7. The predicted molar refractivity (Wildman–Crippen MR) is 62.1 cm³/mol. The van der Waals surface area contributed by atoms with Crippen LogP contribution in [0.5, 0.6) is 0 Å². The van der Waals surface area contributed by atoms with Crippen molar-refractivity contribution in [2.24, 2.45) is 11.8 Å². The van der Waals surface area contributed by atoms with E-state index in [1.165, 1.54) is 0 Å². The SMILES string of the molecule is CC(C)C(C)C(=O)N(C1CNC1)C1COC1. The first-order valence-electron chi connectivity index (χ1n) is 6.22. The van der Waals surface area contributed by atoms with E-state index in [0.717, 1.165) is 13.1 Å². The Morgan fingerprint density at radius 2 is 1.88 bits per heavy atom. The van der Waals surface area contributed by atoms with E-state index in [-0.39, 0.29) is 5.92 Å². The molecule has 0 aromatic heterocycles. The highest BCUT2D eigenvalue weighted by atomic mass is 16.5. The van der Waals surface area contributed by atoms with Crippen LogP contribution in [0.2, 0.25) is 0 Å². The van der Waals surface area contributed by atoms with Crippen molar-refractivity contribution in [2.75, 3.05) is 26.3 Å². The Morgan fingerprint density at radius 3 is 2.19 bits per heavy atom. The minimum atomic E-state index is 0.112. The largest absolute Gasteiger partial charge is 0.377 e. The Morgan fingerprint density at radius 1 is 1.25 bits per heavy atom. The van der Waals surface area contributed by atoms with Crippen molar-refractivity contribution in [2.45, 2.75) is 32.9 Å². The zero-order valence-electron chi connectivity index (χ0n) is 10.4. The summed E-state index contributed by atoms with van der Waals surface area (Å²) in [6.07, 6.45) is 0. The second kappa shape index (κ2) is 4.72. The Balaban J connectivity index is 2.02. The van der Waals surface area contributed by atoms with Crippen LogP contribution in [0.25, 0.3) is 0 Å². The molecule has 0 bridgehead atoms. The summed E-state index contributed by atoms with van der Waals surface area (Å²) < 4.78 is 5.21. The maximum absolute atomic E-state index is 12.4. The summed E-state index contributed by atoms with van der Waals surface area (Å²) in [6, 6.07) is 0.711. The maximum Gasteiger partial charge on any atom is 0.226 e. The third-order valence-electron chi connectivity index (χ3n) is 3.81. The lowest BCUT2D eigenvalue weighted by Gasteiger charge is -2.47. The van der Waals surface area contributed by atoms with Gasteiger partial charge in [-0.05, 0) is 5.92 Å². The summed E-state index contributed by atoms with van der Waals surface area (Å²) in [5.74, 6) is 0.819. The molecule has 1 N–H and O–H groups in total. The number of carbonyl (C=O) groups is 1. The van der Waals surface area contributed by atoms with Crippen LogP contribution in [-0.2, 0) is 9.53 Å². The number of ether oxygens (including phenoxy) is 1. The van der Waals surface area contributed by atoms with E-state index in [1.54, 1.807) is 0 Å². The lowest BCUT2D eigenvalue weighted by Crippen LogP contribution is -2.66. The molecule has 92 valence electrons. The van der Waals surface area contributed by atoms with E-state index in [1.807, 2.05) is 6.92 Å². The number of nitrogens with zero attached hydrogens (tertiary/aromatic N) is 1. The molecule has 16 heavy (non-hydrogen) atoms. The lowest BCUT2D eigenvalue weighted by atomic mass is 9.93. The van der Waals surface area contributed by atoms with Crippen molar-refractivity contribution in [1.29, 1.82) is 0 Å². The van der Waals surface area contributed by atoms with Crippen LogP contribution in [0.15, 0.2) is 0 Å². The fraction of sp³-hybridized carbons (Fsp3) is 0.917. The second-order valence-corrected chi connectivity index (χ2v) is 5.28. The van der Waals surface area contributed by atoms with Crippen LogP contribution >= 0.6 is 0 Å². The Kier molecular flexibility index (Phi) is 3.50. The molecule has 2 rings (SSSR count). The normalized spacial score (nSPS) is 23.8. The number of hydrogen-bond donors (Lipinski definition) is 1. The van der Waals surface area contributed by atoms with Gasteiger partial charge in [0.2, 0.25) is 5.91 Å². The molecular formula is C12H22N2O2. The molecule has 2 fully saturated rings. The maximum atomic E-state index is 12.4.